The molecule has 1 atom stereocenters. The number of anilines is 3. The van der Waals surface area contributed by atoms with Gasteiger partial charge in [-0.05, 0) is 30.7 Å². The van der Waals surface area contributed by atoms with E-state index in [0.29, 0.717) is 24.0 Å². The molecule has 3 N–H and O–H groups in total. The van der Waals surface area contributed by atoms with E-state index in [4.69, 9.17) is 5.11 Å². The van der Waals surface area contributed by atoms with Gasteiger partial charge in [0.2, 0.25) is 6.41 Å². The molecule has 0 aliphatic carbocycles. The molecule has 1 saturated heterocycles. The van der Waals surface area contributed by atoms with Gasteiger partial charge in [-0.3, -0.25) is 9.59 Å². The minimum absolute atomic E-state index is 0.0631. The molecule has 9 nitrogen and oxygen atoms in total. The van der Waals surface area contributed by atoms with Crippen LogP contribution in [0.4, 0.5) is 34.9 Å². The molecule has 4 rings (SSSR count). The highest BCUT2D eigenvalue weighted by molar-refractivity contribution is 5.93. The number of amides is 2. The van der Waals surface area contributed by atoms with Gasteiger partial charge >= 0.3 is 6.68 Å². The van der Waals surface area contributed by atoms with Crippen molar-refractivity contribution in [2.75, 3.05) is 48.4 Å². The first-order chi connectivity index (χ1) is 15.8. The lowest BCUT2D eigenvalue weighted by atomic mass is 10.2. The third-order valence-corrected chi connectivity index (χ3v) is 4.80. The van der Waals surface area contributed by atoms with Crippen LogP contribution in [0.3, 0.4) is 0 Å². The molecule has 180 valence electrons. The number of carbonyl (C=O) groups excluding carboxylic acids is 2. The molecule has 1 unspecified atom stereocenters. The van der Waals surface area contributed by atoms with Crippen LogP contribution < -0.4 is 20.4 Å². The number of rotatable bonds is 5. The fourth-order valence-electron chi connectivity index (χ4n) is 3.31. The average molecular weight is 472 g/mol. The smallest absolute Gasteiger partial charge is 0.379 e. The Morgan fingerprint density at radius 2 is 2.03 bits per heavy atom. The number of hydrogen-bond acceptors (Lipinski definition) is 7. The molecule has 1 fully saturated rings. The van der Waals surface area contributed by atoms with Gasteiger partial charge in [0.15, 0.2) is 5.82 Å². The van der Waals surface area contributed by atoms with Crippen LogP contribution in [-0.4, -0.2) is 73.4 Å². The highest BCUT2D eigenvalue weighted by atomic mass is 19.4. The van der Waals surface area contributed by atoms with E-state index in [2.05, 4.69) is 30.4 Å². The first-order valence-corrected chi connectivity index (χ1v) is 9.88. The van der Waals surface area contributed by atoms with Crippen molar-refractivity contribution >= 4 is 29.6 Å². The molecule has 0 radical (unpaired) electrons. The Hall–Kier alpha value is -3.48. The maximum atomic E-state index is 12.1. The molecule has 4 heterocycles. The quantitative estimate of drug-likeness (QED) is 0.450. The summed E-state index contributed by atoms with van der Waals surface area (Å²) in [6.07, 6.45) is 2.66. The Morgan fingerprint density at radius 1 is 1.30 bits per heavy atom. The zero-order valence-electron chi connectivity index (χ0n) is 17.7. The van der Waals surface area contributed by atoms with Crippen LogP contribution in [0.15, 0.2) is 30.5 Å². The second-order valence-corrected chi connectivity index (χ2v) is 6.89. The number of aliphatic hydroxyl groups excluding tert-OH is 1. The van der Waals surface area contributed by atoms with Crippen LogP contribution in [0.2, 0.25) is 0 Å². The van der Waals surface area contributed by atoms with Crippen molar-refractivity contribution in [3.05, 3.63) is 42.0 Å². The van der Waals surface area contributed by atoms with Gasteiger partial charge in [0.05, 0.1) is 18.5 Å². The topological polar surface area (TPSA) is 111 Å². The fourth-order valence-corrected chi connectivity index (χ4v) is 3.31. The van der Waals surface area contributed by atoms with Gasteiger partial charge in [-0.2, -0.15) is 13.2 Å². The molecular weight excluding hydrogens is 448 g/mol. The largest absolute Gasteiger partial charge is 0.395 e. The van der Waals surface area contributed by atoms with Crippen molar-refractivity contribution in [2.45, 2.75) is 19.1 Å². The minimum atomic E-state index is -3.67. The number of nitrogens with zero attached hydrogens (tertiary/aromatic N) is 4. The first kappa shape index (κ1) is 25.8. The second-order valence-electron chi connectivity index (χ2n) is 6.89. The lowest BCUT2D eigenvalue weighted by molar-refractivity contribution is -0.105. The Morgan fingerprint density at radius 3 is 2.64 bits per heavy atom. The lowest BCUT2D eigenvalue weighted by Crippen LogP contribution is -2.40. The van der Waals surface area contributed by atoms with E-state index in [9.17, 15) is 27.2 Å². The van der Waals surface area contributed by atoms with E-state index in [1.165, 1.54) is 12.1 Å². The number of halogens is 4. The molecule has 33 heavy (non-hydrogen) atoms. The van der Waals surface area contributed by atoms with Gasteiger partial charge in [-0.15, -0.1) is 0 Å². The van der Waals surface area contributed by atoms with E-state index < -0.39 is 12.5 Å². The first-order valence-electron chi connectivity index (χ1n) is 9.88. The third kappa shape index (κ3) is 7.56. The van der Waals surface area contributed by atoms with Crippen LogP contribution in [0.1, 0.15) is 16.9 Å². The zero-order valence-corrected chi connectivity index (χ0v) is 17.7. The Bertz CT molecular complexity index is 916. The van der Waals surface area contributed by atoms with Crippen LogP contribution in [0, 0.1) is 5.82 Å². The van der Waals surface area contributed by atoms with Crippen molar-refractivity contribution < 1.29 is 32.3 Å². The van der Waals surface area contributed by atoms with Crippen molar-refractivity contribution in [2.24, 2.45) is 0 Å². The summed E-state index contributed by atoms with van der Waals surface area (Å²) < 4.78 is 41.1. The highest BCUT2D eigenvalue weighted by Gasteiger charge is 2.35. The Balaban J connectivity index is 0.000000231. The van der Waals surface area contributed by atoms with Crippen LogP contribution >= 0.6 is 0 Å². The van der Waals surface area contributed by atoms with Crippen LogP contribution in [-0.2, 0) is 4.79 Å². The van der Waals surface area contributed by atoms with Crippen LogP contribution in [0.25, 0.3) is 0 Å². The number of alkyl halides is 3. The molecule has 2 amide bonds. The van der Waals surface area contributed by atoms with Gasteiger partial charge in [-0.25, -0.2) is 14.4 Å². The predicted octanol–water partition coefficient (Wildman–Crippen LogP) is 1.80. The molecule has 0 spiro atoms. The third-order valence-electron chi connectivity index (χ3n) is 4.80. The zero-order chi connectivity index (χ0) is 24.4. The minimum Gasteiger partial charge on any atom is -0.395 e. The number of nitrogens with one attached hydrogen (secondary N) is 2. The van der Waals surface area contributed by atoms with E-state index in [-0.39, 0.29) is 19.1 Å². The molecule has 2 aliphatic heterocycles. The molecule has 0 aromatic carbocycles. The van der Waals surface area contributed by atoms with Gasteiger partial charge in [0, 0.05) is 32.7 Å². The lowest BCUT2D eigenvalue weighted by Gasteiger charge is -2.34. The molecule has 2 aromatic rings. The van der Waals surface area contributed by atoms with E-state index in [1.54, 1.807) is 6.07 Å². The average Bonchev–Trinajstić information content (AvgIpc) is 3.24. The summed E-state index contributed by atoms with van der Waals surface area (Å²) in [5.41, 5.74) is 1.51. The fraction of sp³-hybridized carbons (Fsp3) is 0.400. The molecular formula is C20H24F4N6O3. The van der Waals surface area contributed by atoms with E-state index in [0.717, 1.165) is 37.2 Å². The monoisotopic (exact) mass is 472 g/mol. The molecule has 13 heteroatoms. The number of aliphatic hydroxyl groups is 1. The van der Waals surface area contributed by atoms with E-state index >= 15 is 0 Å². The SMILES string of the molecule is CN1c2nc(C(=O)NCCO)ccc2N2CCC1C2.FC(F)F.O=CNc1ccc(F)cn1. The van der Waals surface area contributed by atoms with Gasteiger partial charge < -0.3 is 25.5 Å². The number of carbonyl (C=O) groups is 2. The van der Waals surface area contributed by atoms with Crippen LogP contribution in [0.5, 0.6) is 0 Å². The van der Waals surface area contributed by atoms with Gasteiger partial charge in [-0.1, -0.05) is 0 Å². The second kappa shape index (κ2) is 12.5. The Kier molecular flexibility index (Phi) is 9.79. The molecule has 2 bridgehead atoms. The highest BCUT2D eigenvalue weighted by Crippen LogP contribution is 2.37. The number of pyridine rings is 2. The summed E-state index contributed by atoms with van der Waals surface area (Å²) in [6, 6.07) is 6.81. The summed E-state index contributed by atoms with van der Waals surface area (Å²) in [5, 5.41) is 13.6. The van der Waals surface area contributed by atoms with Crippen molar-refractivity contribution in [1.29, 1.82) is 0 Å². The maximum Gasteiger partial charge on any atom is 0.379 e. The normalized spacial score (nSPS) is 15.5. The maximum absolute atomic E-state index is 12.1. The molecule has 2 aromatic heterocycles. The summed E-state index contributed by atoms with van der Waals surface area (Å²) in [7, 11) is 2.04. The molecule has 2 aliphatic rings. The predicted molar refractivity (Wildman–Crippen MR) is 114 cm³/mol. The summed E-state index contributed by atoms with van der Waals surface area (Å²) in [4.78, 5) is 34.2. The van der Waals surface area contributed by atoms with Crippen molar-refractivity contribution in [3.63, 3.8) is 0 Å². The number of aromatic nitrogens is 2. The molecule has 0 saturated carbocycles. The van der Waals surface area contributed by atoms with Crippen molar-refractivity contribution in [3.8, 4) is 0 Å². The summed E-state index contributed by atoms with van der Waals surface area (Å²) >= 11 is 0. The number of fused-ring (bicyclic) bond motifs is 4. The number of hydrogen-bond donors (Lipinski definition) is 3. The van der Waals surface area contributed by atoms with Gasteiger partial charge in [0.25, 0.3) is 5.91 Å². The standard InChI is InChI=1S/C13H18N4O2.C6H5FN2O.CHF3/c1-16-9-4-6-17(8-9)11-3-2-10(15-12(11)16)13(19)14-5-7-18;7-5-1-2-6(8-3-5)9-4-10;2-1(3)4/h2-3,9,18H,4-8H2,1H3,(H,14,19);1-4H,(H,8,9,10);1H. The number of likely N-dealkylation sites (N-methyl/N-ethyl adjacent to an activating group) is 1. The summed E-state index contributed by atoms with van der Waals surface area (Å²) in [5.74, 6) is 0.566. The van der Waals surface area contributed by atoms with E-state index in [1.807, 2.05) is 13.1 Å². The van der Waals surface area contributed by atoms with Gasteiger partial charge in [0.1, 0.15) is 17.3 Å². The van der Waals surface area contributed by atoms with Crippen molar-refractivity contribution in [1.82, 2.24) is 15.3 Å². The summed E-state index contributed by atoms with van der Waals surface area (Å²) in [6.45, 7) is -1.38. The Labute approximate surface area is 187 Å².